The minimum atomic E-state index is 0.383. The van der Waals surface area contributed by atoms with Gasteiger partial charge in [-0.2, -0.15) is 0 Å². The minimum Gasteiger partial charge on any atom is -0.240 e. The van der Waals surface area contributed by atoms with Crippen molar-refractivity contribution in [2.75, 3.05) is 13.7 Å². The largest absolute Gasteiger partial charge is 0.240 e. The Morgan fingerprint density at radius 3 is 1.94 bits per heavy atom. The van der Waals surface area contributed by atoms with Crippen molar-refractivity contribution in [2.24, 2.45) is 5.41 Å². The summed E-state index contributed by atoms with van der Waals surface area (Å²) in [7, 11) is 2.08. The van der Waals surface area contributed by atoms with Gasteiger partial charge in [0.15, 0.2) is 0 Å². The van der Waals surface area contributed by atoms with E-state index < -0.39 is 0 Å². The fourth-order valence-electron chi connectivity index (χ4n) is 2.81. The van der Waals surface area contributed by atoms with Crippen molar-refractivity contribution in [3.05, 3.63) is 0 Å². The first-order valence-corrected chi connectivity index (χ1v) is 9.42. The van der Waals surface area contributed by atoms with Crippen LogP contribution in [0.2, 0.25) is 12.1 Å². The second-order valence-corrected chi connectivity index (χ2v) is 8.04. The molecule has 1 heterocycles. The first kappa shape index (κ1) is 15.2. The molecule has 0 spiro atoms. The molecule has 0 radical (unpaired) electrons. The maximum absolute atomic E-state index is 4.98. The van der Waals surface area contributed by atoms with Crippen LogP contribution in [-0.4, -0.2) is 23.2 Å². The third-order valence-corrected chi connectivity index (χ3v) is 6.09. The van der Waals surface area contributed by atoms with Gasteiger partial charge in [0.2, 0.25) is 0 Å². The van der Waals surface area contributed by atoms with E-state index in [0.717, 1.165) is 6.61 Å². The highest BCUT2D eigenvalue weighted by molar-refractivity contribution is 6.35. The molecule has 1 saturated carbocycles. The highest BCUT2D eigenvalue weighted by atomic mass is 28.2. The summed E-state index contributed by atoms with van der Waals surface area (Å²) in [5, 5.41) is 0. The fraction of sp³-hybridized carbons (Fsp3) is 1.00. The molecular weight excluding hydrogens is 228 g/mol. The van der Waals surface area contributed by atoms with Crippen molar-refractivity contribution in [1.29, 1.82) is 0 Å². The first-order chi connectivity index (χ1) is 8.27. The molecule has 0 amide bonds. The van der Waals surface area contributed by atoms with Crippen LogP contribution in [0.4, 0.5) is 0 Å². The van der Waals surface area contributed by atoms with E-state index in [2.05, 4.69) is 11.8 Å². The van der Waals surface area contributed by atoms with Gasteiger partial charge >= 0.3 is 0 Å². The first-order valence-electron chi connectivity index (χ1n) is 7.42. The lowest BCUT2D eigenvalue weighted by Crippen LogP contribution is -2.25. The van der Waals surface area contributed by atoms with Crippen LogP contribution in [0.25, 0.3) is 0 Å². The third-order valence-electron chi connectivity index (χ3n) is 4.09. The summed E-state index contributed by atoms with van der Waals surface area (Å²) >= 11 is 0. The zero-order valence-corrected chi connectivity index (χ0v) is 13.2. The number of rotatable bonds is 3. The molecule has 2 rings (SSSR count). The molecule has 0 aromatic rings. The normalized spacial score (nSPS) is 23.6. The Morgan fingerprint density at radius 2 is 1.53 bits per heavy atom. The lowest BCUT2D eigenvalue weighted by molar-refractivity contribution is -0.290. The molecule has 0 atom stereocenters. The van der Waals surface area contributed by atoms with Crippen LogP contribution < -0.4 is 0 Å². The molecule has 0 bridgehead atoms. The average molecular weight is 258 g/mol. The molecule has 1 saturated heterocycles. The fourth-order valence-corrected chi connectivity index (χ4v) is 4.58. The van der Waals surface area contributed by atoms with Crippen molar-refractivity contribution in [2.45, 2.75) is 70.4 Å². The van der Waals surface area contributed by atoms with E-state index >= 15 is 0 Å². The molecule has 3 heteroatoms. The van der Waals surface area contributed by atoms with Gasteiger partial charge in [0.1, 0.15) is 0 Å². The summed E-state index contributed by atoms with van der Waals surface area (Å²) in [6, 6.07) is 3.28. The summed E-state index contributed by atoms with van der Waals surface area (Å²) in [5.74, 6) is 0. The molecular formula is C14H30O2Si. The Balaban J connectivity index is 0.000000202. The van der Waals surface area contributed by atoms with E-state index in [1.165, 1.54) is 38.5 Å². The molecule has 2 nitrogen and oxygen atoms in total. The van der Waals surface area contributed by atoms with E-state index in [1.54, 1.807) is 32.0 Å². The van der Waals surface area contributed by atoms with Crippen molar-refractivity contribution in [1.82, 2.24) is 0 Å². The molecule has 1 aliphatic heterocycles. The summed E-state index contributed by atoms with van der Waals surface area (Å²) in [5.41, 5.74) is 0.383. The van der Waals surface area contributed by atoms with Gasteiger partial charge in [-0.05, 0) is 18.3 Å². The summed E-state index contributed by atoms with van der Waals surface area (Å²) in [6.07, 6.45) is 11.3. The Morgan fingerprint density at radius 1 is 0.941 bits per heavy atom. The molecule has 102 valence electrons. The van der Waals surface area contributed by atoms with Gasteiger partial charge in [-0.15, -0.1) is 0 Å². The van der Waals surface area contributed by atoms with Crippen LogP contribution in [0.5, 0.6) is 0 Å². The highest BCUT2D eigenvalue weighted by Crippen LogP contribution is 2.35. The molecule has 1 aliphatic carbocycles. The van der Waals surface area contributed by atoms with Gasteiger partial charge in [0, 0.05) is 9.52 Å². The van der Waals surface area contributed by atoms with Gasteiger partial charge in [0.05, 0.1) is 13.7 Å². The second kappa shape index (κ2) is 9.12. The van der Waals surface area contributed by atoms with Gasteiger partial charge in [0.25, 0.3) is 0 Å². The lowest BCUT2D eigenvalue weighted by atomic mass is 9.76. The Kier molecular flexibility index (Phi) is 8.15. The predicted octanol–water partition coefficient (Wildman–Crippen LogP) is 3.71. The maximum atomic E-state index is 4.98. The second-order valence-electron chi connectivity index (χ2n) is 5.92. The molecule has 0 N–H and O–H groups in total. The Labute approximate surface area is 109 Å². The van der Waals surface area contributed by atoms with E-state index in [0.29, 0.717) is 14.9 Å². The SMILES string of the molecule is C1CC[SiH2]CC1.COOCC1(C)CCCCC1. The summed E-state index contributed by atoms with van der Waals surface area (Å²) < 4.78 is 0. The standard InChI is InChI=1S/C9H18O2.C5H12Si/c1-9(8-11-10-2)6-4-3-5-7-9;1-2-4-6-5-3-1/h3-8H2,1-2H3;1-6H2. The van der Waals surface area contributed by atoms with E-state index in [9.17, 15) is 0 Å². The molecule has 17 heavy (non-hydrogen) atoms. The molecule has 2 aliphatic rings. The van der Waals surface area contributed by atoms with E-state index in [4.69, 9.17) is 4.89 Å². The quantitative estimate of drug-likeness (QED) is 0.436. The van der Waals surface area contributed by atoms with Gasteiger partial charge in [-0.1, -0.05) is 57.5 Å². The zero-order valence-electron chi connectivity index (χ0n) is 11.8. The van der Waals surface area contributed by atoms with Crippen LogP contribution in [0.1, 0.15) is 58.3 Å². The predicted molar refractivity (Wildman–Crippen MR) is 76.2 cm³/mol. The monoisotopic (exact) mass is 258 g/mol. The average Bonchev–Trinajstić information content (AvgIpc) is 2.40. The van der Waals surface area contributed by atoms with Crippen molar-refractivity contribution in [3.8, 4) is 0 Å². The zero-order chi connectivity index (χ0) is 12.4. The maximum Gasteiger partial charge on any atom is 0.0875 e. The van der Waals surface area contributed by atoms with Crippen LogP contribution in [0.15, 0.2) is 0 Å². The van der Waals surface area contributed by atoms with Gasteiger partial charge in [-0.25, -0.2) is 9.78 Å². The van der Waals surface area contributed by atoms with Crippen molar-refractivity contribution < 1.29 is 9.78 Å². The Hall–Kier alpha value is 0.137. The number of hydrogen-bond acceptors (Lipinski definition) is 2. The van der Waals surface area contributed by atoms with Crippen LogP contribution in [0.3, 0.4) is 0 Å². The summed E-state index contributed by atoms with van der Waals surface area (Å²) in [6.45, 7) is 3.04. The van der Waals surface area contributed by atoms with Crippen LogP contribution in [0, 0.1) is 5.41 Å². The molecule has 0 unspecified atom stereocenters. The molecule has 2 fully saturated rings. The summed E-state index contributed by atoms with van der Waals surface area (Å²) in [4.78, 5) is 9.59. The van der Waals surface area contributed by atoms with Crippen molar-refractivity contribution >= 4 is 9.52 Å². The van der Waals surface area contributed by atoms with Gasteiger partial charge in [-0.3, -0.25) is 0 Å². The Bertz CT molecular complexity index is 164. The lowest BCUT2D eigenvalue weighted by Gasteiger charge is -2.32. The van der Waals surface area contributed by atoms with E-state index in [-0.39, 0.29) is 0 Å². The molecule has 0 aromatic carbocycles. The van der Waals surface area contributed by atoms with E-state index in [1.807, 2.05) is 0 Å². The minimum absolute atomic E-state index is 0.383. The van der Waals surface area contributed by atoms with Gasteiger partial charge < -0.3 is 0 Å². The van der Waals surface area contributed by atoms with Crippen LogP contribution >= 0.6 is 0 Å². The smallest absolute Gasteiger partial charge is 0.0875 e. The third kappa shape index (κ3) is 7.22. The topological polar surface area (TPSA) is 18.5 Å². The van der Waals surface area contributed by atoms with Crippen molar-refractivity contribution in [3.63, 3.8) is 0 Å². The molecule has 0 aromatic heterocycles. The van der Waals surface area contributed by atoms with Crippen LogP contribution in [-0.2, 0) is 9.78 Å². The highest BCUT2D eigenvalue weighted by Gasteiger charge is 2.27. The number of hydrogen-bond donors (Lipinski definition) is 0.